The Hall–Kier alpha value is -2.41. The highest BCUT2D eigenvalue weighted by molar-refractivity contribution is 7.92. The molecule has 25 heavy (non-hydrogen) atoms. The summed E-state index contributed by atoms with van der Waals surface area (Å²) in [4.78, 5) is 24.2. The maximum Gasteiger partial charge on any atom is 0.267 e. The zero-order chi connectivity index (χ0) is 19.3. The first-order chi connectivity index (χ1) is 11.5. The zero-order valence-corrected chi connectivity index (χ0v) is 14.8. The van der Waals surface area contributed by atoms with E-state index in [9.17, 15) is 18.0 Å². The van der Waals surface area contributed by atoms with Crippen molar-refractivity contribution >= 4 is 21.7 Å². The summed E-state index contributed by atoms with van der Waals surface area (Å²) in [6.07, 6.45) is 0.936. The highest BCUT2D eigenvalue weighted by Gasteiger charge is 2.44. The van der Waals surface area contributed by atoms with Crippen molar-refractivity contribution in [2.45, 2.75) is 24.6 Å². The molecule has 0 aliphatic carbocycles. The lowest BCUT2D eigenvalue weighted by Gasteiger charge is -2.31. The van der Waals surface area contributed by atoms with Crippen LogP contribution in [0.25, 0.3) is 0 Å². The third kappa shape index (κ3) is 5.03. The van der Waals surface area contributed by atoms with Crippen molar-refractivity contribution < 1.29 is 28.3 Å². The van der Waals surface area contributed by atoms with Crippen LogP contribution in [0, 0.1) is 11.8 Å². The van der Waals surface area contributed by atoms with Crippen molar-refractivity contribution in [2.75, 3.05) is 12.9 Å². The third-order valence-electron chi connectivity index (χ3n) is 3.76. The molecule has 0 bridgehead atoms. The topological polar surface area (TPSA) is 133 Å². The molecule has 136 valence electrons. The van der Waals surface area contributed by atoms with Gasteiger partial charge in [0.1, 0.15) is 12.6 Å². The number of aliphatic hydroxyl groups excluding tert-OH is 1. The van der Waals surface area contributed by atoms with Crippen molar-refractivity contribution in [3.63, 3.8) is 0 Å². The lowest BCUT2D eigenvalue weighted by molar-refractivity contribution is -0.131. The predicted octanol–water partition coefficient (Wildman–Crippen LogP) is -0.543. The van der Waals surface area contributed by atoms with Gasteiger partial charge in [-0.3, -0.25) is 14.8 Å². The number of aliphatic hydroxyl groups is 1. The van der Waals surface area contributed by atoms with Gasteiger partial charge >= 0.3 is 0 Å². The molecule has 9 heteroatoms. The molecule has 0 heterocycles. The van der Waals surface area contributed by atoms with E-state index >= 15 is 0 Å². The molecule has 0 saturated carbocycles. The SMILES string of the molecule is CC(C)([C@H](NC(=O)c1ccc(C#CCO)cc1)C(=O)NO)S(C)(=O)=O. The molecular formula is C16H20N2O6S. The standard InChI is InChI=1S/C16H20N2O6S/c1-16(2,25(3,23)24)13(15(21)18-22)17-14(20)12-8-6-11(7-9-12)5-4-10-19/h6-9,13,19,22H,10H2,1-3H3,(H,17,20)(H,18,21)/t13-/m1/s1. The second kappa shape index (κ2) is 8.11. The number of sulfone groups is 1. The lowest BCUT2D eigenvalue weighted by Crippen LogP contribution is -2.60. The molecule has 0 spiro atoms. The first kappa shape index (κ1) is 20.6. The molecule has 8 nitrogen and oxygen atoms in total. The molecule has 1 atom stereocenters. The number of hydrogen-bond acceptors (Lipinski definition) is 6. The number of carbonyl (C=O) groups excluding carboxylic acids is 2. The van der Waals surface area contributed by atoms with E-state index in [2.05, 4.69) is 17.2 Å². The number of amides is 2. The minimum absolute atomic E-state index is 0.176. The summed E-state index contributed by atoms with van der Waals surface area (Å²) in [5.74, 6) is 3.39. The van der Waals surface area contributed by atoms with Gasteiger partial charge < -0.3 is 10.4 Å². The Morgan fingerprint density at radius 3 is 2.24 bits per heavy atom. The van der Waals surface area contributed by atoms with Crippen LogP contribution < -0.4 is 10.8 Å². The Morgan fingerprint density at radius 2 is 1.80 bits per heavy atom. The number of rotatable bonds is 5. The van der Waals surface area contributed by atoms with Crippen molar-refractivity contribution in [3.05, 3.63) is 35.4 Å². The van der Waals surface area contributed by atoms with Gasteiger partial charge in [-0.05, 0) is 38.1 Å². The van der Waals surface area contributed by atoms with E-state index in [1.54, 1.807) is 12.1 Å². The smallest absolute Gasteiger partial charge is 0.267 e. The molecule has 0 radical (unpaired) electrons. The first-order valence-electron chi connectivity index (χ1n) is 7.18. The van der Waals surface area contributed by atoms with E-state index in [0.29, 0.717) is 5.56 Å². The van der Waals surface area contributed by atoms with Gasteiger partial charge in [0.15, 0.2) is 9.84 Å². The Morgan fingerprint density at radius 1 is 1.24 bits per heavy atom. The molecule has 0 aromatic heterocycles. The minimum Gasteiger partial charge on any atom is -0.384 e. The maximum absolute atomic E-state index is 12.3. The largest absolute Gasteiger partial charge is 0.384 e. The maximum atomic E-state index is 12.3. The van der Waals surface area contributed by atoms with Crippen LogP contribution in [0.15, 0.2) is 24.3 Å². The summed E-state index contributed by atoms with van der Waals surface area (Å²) in [6.45, 7) is 2.26. The van der Waals surface area contributed by atoms with Crippen LogP contribution >= 0.6 is 0 Å². The van der Waals surface area contributed by atoms with Gasteiger partial charge in [0.2, 0.25) is 0 Å². The molecule has 1 rings (SSSR count). The molecule has 0 unspecified atom stereocenters. The van der Waals surface area contributed by atoms with Gasteiger partial charge in [-0.2, -0.15) is 0 Å². The van der Waals surface area contributed by atoms with E-state index in [4.69, 9.17) is 10.3 Å². The molecule has 0 saturated heterocycles. The molecule has 4 N–H and O–H groups in total. The summed E-state index contributed by atoms with van der Waals surface area (Å²) in [5, 5.41) is 19.8. The lowest BCUT2D eigenvalue weighted by atomic mass is 10.0. The molecule has 1 aromatic carbocycles. The average Bonchev–Trinajstić information content (AvgIpc) is 2.56. The molecule has 2 amide bonds. The minimum atomic E-state index is -3.73. The second-order valence-corrected chi connectivity index (χ2v) is 8.39. The Balaban J connectivity index is 3.09. The summed E-state index contributed by atoms with van der Waals surface area (Å²) in [6, 6.07) is 4.46. The fourth-order valence-electron chi connectivity index (χ4n) is 1.89. The third-order valence-corrected chi connectivity index (χ3v) is 5.90. The molecular weight excluding hydrogens is 348 g/mol. The fraction of sp³-hybridized carbons (Fsp3) is 0.375. The number of benzene rings is 1. The first-order valence-corrected chi connectivity index (χ1v) is 9.08. The van der Waals surface area contributed by atoms with E-state index in [1.807, 2.05) is 0 Å². The van der Waals surface area contributed by atoms with Crippen LogP contribution in [0.2, 0.25) is 0 Å². The summed E-state index contributed by atoms with van der Waals surface area (Å²) in [7, 11) is -3.73. The second-order valence-electron chi connectivity index (χ2n) is 5.80. The fourth-order valence-corrected chi connectivity index (χ4v) is 2.49. The van der Waals surface area contributed by atoms with Gasteiger partial charge in [-0.1, -0.05) is 11.8 Å². The molecule has 1 aromatic rings. The van der Waals surface area contributed by atoms with Crippen LogP contribution in [-0.4, -0.2) is 54.2 Å². The van der Waals surface area contributed by atoms with Crippen LogP contribution in [0.1, 0.15) is 29.8 Å². The highest BCUT2D eigenvalue weighted by Crippen LogP contribution is 2.21. The van der Waals surface area contributed by atoms with Crippen molar-refractivity contribution in [3.8, 4) is 11.8 Å². The zero-order valence-electron chi connectivity index (χ0n) is 14.0. The van der Waals surface area contributed by atoms with Crippen LogP contribution in [0.4, 0.5) is 0 Å². The van der Waals surface area contributed by atoms with Gasteiger partial charge in [0.25, 0.3) is 11.8 Å². The van der Waals surface area contributed by atoms with E-state index in [-0.39, 0.29) is 12.2 Å². The van der Waals surface area contributed by atoms with Crippen molar-refractivity contribution in [1.82, 2.24) is 10.8 Å². The van der Waals surface area contributed by atoms with E-state index in [1.165, 1.54) is 31.5 Å². The highest BCUT2D eigenvalue weighted by atomic mass is 32.2. The molecule has 0 fully saturated rings. The van der Waals surface area contributed by atoms with E-state index in [0.717, 1.165) is 6.26 Å². The number of hydrogen-bond donors (Lipinski definition) is 4. The Labute approximate surface area is 146 Å². The predicted molar refractivity (Wildman–Crippen MR) is 90.5 cm³/mol. The summed E-state index contributed by atoms with van der Waals surface area (Å²) in [5.41, 5.74) is 2.12. The van der Waals surface area contributed by atoms with Crippen LogP contribution in [0.3, 0.4) is 0 Å². The van der Waals surface area contributed by atoms with Crippen molar-refractivity contribution in [2.24, 2.45) is 0 Å². The van der Waals surface area contributed by atoms with Gasteiger partial charge in [0, 0.05) is 17.4 Å². The van der Waals surface area contributed by atoms with Crippen molar-refractivity contribution in [1.29, 1.82) is 0 Å². The number of nitrogens with one attached hydrogen (secondary N) is 2. The molecule has 0 aliphatic heterocycles. The average molecular weight is 368 g/mol. The number of carbonyl (C=O) groups is 2. The van der Waals surface area contributed by atoms with Crippen LogP contribution in [-0.2, 0) is 14.6 Å². The van der Waals surface area contributed by atoms with Gasteiger partial charge in [-0.15, -0.1) is 0 Å². The Bertz CT molecular complexity index is 803. The summed E-state index contributed by atoms with van der Waals surface area (Å²) < 4.78 is 22.2. The van der Waals surface area contributed by atoms with Gasteiger partial charge in [0.05, 0.1) is 4.75 Å². The Kier molecular flexibility index (Phi) is 6.70. The van der Waals surface area contributed by atoms with Crippen LogP contribution in [0.5, 0.6) is 0 Å². The quantitative estimate of drug-likeness (QED) is 0.313. The summed E-state index contributed by atoms with van der Waals surface area (Å²) >= 11 is 0. The normalized spacial score (nSPS) is 12.5. The number of hydroxylamine groups is 1. The van der Waals surface area contributed by atoms with E-state index < -0.39 is 32.4 Å². The monoisotopic (exact) mass is 368 g/mol. The van der Waals surface area contributed by atoms with Gasteiger partial charge in [-0.25, -0.2) is 13.9 Å². The molecule has 0 aliphatic rings.